The van der Waals surface area contributed by atoms with Crippen LogP contribution in [0.2, 0.25) is 0 Å². The Morgan fingerprint density at radius 2 is 1.93 bits per heavy atom. The number of nitrogens with two attached hydrogens (primary N) is 1. The largest absolute Gasteiger partial charge is 0.504 e. The lowest BCUT2D eigenvalue weighted by atomic mass is 10.1. The molecular formula is C12H23NO. The molecule has 0 unspecified atom stereocenters. The van der Waals surface area contributed by atoms with Crippen molar-refractivity contribution in [2.75, 3.05) is 7.11 Å². The lowest BCUT2D eigenvalue weighted by molar-refractivity contribution is 0.332. The first kappa shape index (κ1) is 13.1. The molecule has 2 nitrogen and oxygen atoms in total. The highest BCUT2D eigenvalue weighted by molar-refractivity contribution is 5.08. The fourth-order valence-electron chi connectivity index (χ4n) is 1.26. The van der Waals surface area contributed by atoms with Gasteiger partial charge in [0.2, 0.25) is 0 Å². The summed E-state index contributed by atoms with van der Waals surface area (Å²) < 4.78 is 4.92. The fourth-order valence-corrected chi connectivity index (χ4v) is 1.26. The number of hydrogen-bond donors (Lipinski definition) is 1. The normalized spacial score (nSPS) is 13.9. The van der Waals surface area contributed by atoms with Gasteiger partial charge in [-0.05, 0) is 45.1 Å². The van der Waals surface area contributed by atoms with Crippen LogP contribution in [0.5, 0.6) is 0 Å². The molecule has 2 N–H and O–H groups in total. The van der Waals surface area contributed by atoms with Gasteiger partial charge < -0.3 is 10.5 Å². The first-order valence-corrected chi connectivity index (χ1v) is 5.24. The third-order valence-electron chi connectivity index (χ3n) is 2.41. The van der Waals surface area contributed by atoms with Crippen LogP contribution in [-0.4, -0.2) is 7.11 Å². The van der Waals surface area contributed by atoms with Gasteiger partial charge in [0.05, 0.1) is 13.4 Å². The highest BCUT2D eigenvalue weighted by atomic mass is 16.5. The summed E-state index contributed by atoms with van der Waals surface area (Å²) in [5.74, 6) is 0. The van der Waals surface area contributed by atoms with Crippen LogP contribution in [0.3, 0.4) is 0 Å². The van der Waals surface area contributed by atoms with Gasteiger partial charge in [-0.3, -0.25) is 0 Å². The third kappa shape index (κ3) is 5.68. The second-order valence-corrected chi connectivity index (χ2v) is 3.71. The zero-order valence-electron chi connectivity index (χ0n) is 9.89. The van der Waals surface area contributed by atoms with Crippen molar-refractivity contribution in [3.63, 3.8) is 0 Å². The fraction of sp³-hybridized carbons (Fsp3) is 0.667. The van der Waals surface area contributed by atoms with E-state index in [4.69, 9.17) is 10.5 Å². The number of ether oxygens (including phenoxy) is 1. The number of hydrogen-bond acceptors (Lipinski definition) is 2. The van der Waals surface area contributed by atoms with E-state index in [9.17, 15) is 0 Å². The predicted octanol–water partition coefficient (Wildman–Crippen LogP) is 3.35. The maximum atomic E-state index is 5.92. The van der Waals surface area contributed by atoms with Gasteiger partial charge >= 0.3 is 0 Å². The molecule has 0 radical (unpaired) electrons. The van der Waals surface area contributed by atoms with E-state index in [1.165, 1.54) is 11.1 Å². The summed E-state index contributed by atoms with van der Waals surface area (Å²) in [6.45, 7) is 6.32. The molecule has 0 rings (SSSR count). The smallest absolute Gasteiger partial charge is 0.0813 e. The Hall–Kier alpha value is -0.920. The Morgan fingerprint density at radius 1 is 1.29 bits per heavy atom. The van der Waals surface area contributed by atoms with Gasteiger partial charge in [-0.15, -0.1) is 0 Å². The van der Waals surface area contributed by atoms with E-state index in [0.717, 1.165) is 31.4 Å². The number of methoxy groups -OCH3 is 1. The van der Waals surface area contributed by atoms with Crippen LogP contribution in [-0.2, 0) is 4.74 Å². The summed E-state index contributed by atoms with van der Waals surface area (Å²) in [5.41, 5.74) is 9.56. The molecule has 0 heterocycles. The Morgan fingerprint density at radius 3 is 2.43 bits per heavy atom. The average molecular weight is 197 g/mol. The molecule has 0 amide bonds. The zero-order valence-corrected chi connectivity index (χ0v) is 9.89. The van der Waals surface area contributed by atoms with Crippen LogP contribution in [0.25, 0.3) is 0 Å². The van der Waals surface area contributed by atoms with E-state index in [1.54, 1.807) is 13.4 Å². The Balaban J connectivity index is 3.80. The molecule has 0 bridgehead atoms. The number of allylic oxidation sites excluding steroid dienone is 3. The first-order valence-electron chi connectivity index (χ1n) is 5.24. The minimum absolute atomic E-state index is 0.995. The lowest BCUT2D eigenvalue weighted by Crippen LogP contribution is -2.00. The molecule has 0 aliphatic heterocycles. The van der Waals surface area contributed by atoms with Gasteiger partial charge in [-0.2, -0.15) is 0 Å². The van der Waals surface area contributed by atoms with Crippen LogP contribution in [0.4, 0.5) is 0 Å². The van der Waals surface area contributed by atoms with E-state index in [1.807, 2.05) is 0 Å². The Bertz CT molecular complexity index is 216. The van der Waals surface area contributed by atoms with Crippen molar-refractivity contribution in [2.45, 2.75) is 46.5 Å². The summed E-state index contributed by atoms with van der Waals surface area (Å²) in [7, 11) is 1.68. The van der Waals surface area contributed by atoms with Crippen LogP contribution < -0.4 is 5.73 Å². The molecule has 0 spiro atoms. The standard InChI is InChI=1S/C12H23NO/c1-5-11(3)12(13)8-6-7-10(2)9-14-4/h9H,5-8,13H2,1-4H3/b10-9+,12-11+. The average Bonchev–Trinajstić information content (AvgIpc) is 2.16. The van der Waals surface area contributed by atoms with Gasteiger partial charge in [-0.25, -0.2) is 0 Å². The van der Waals surface area contributed by atoms with Crippen molar-refractivity contribution >= 4 is 0 Å². The molecule has 0 fully saturated rings. The number of rotatable bonds is 6. The van der Waals surface area contributed by atoms with Gasteiger partial charge in [0.1, 0.15) is 0 Å². The zero-order chi connectivity index (χ0) is 11.0. The second kappa shape index (κ2) is 7.48. The lowest BCUT2D eigenvalue weighted by Gasteiger charge is -2.05. The van der Waals surface area contributed by atoms with Gasteiger partial charge in [0.15, 0.2) is 0 Å². The summed E-state index contributed by atoms with van der Waals surface area (Å²) in [6, 6.07) is 0. The van der Waals surface area contributed by atoms with Crippen molar-refractivity contribution in [1.29, 1.82) is 0 Å². The predicted molar refractivity (Wildman–Crippen MR) is 61.8 cm³/mol. The molecule has 2 heteroatoms. The first-order chi connectivity index (χ1) is 6.61. The maximum Gasteiger partial charge on any atom is 0.0813 e. The molecule has 82 valence electrons. The van der Waals surface area contributed by atoms with E-state index in [0.29, 0.717) is 0 Å². The Labute approximate surface area is 87.8 Å². The molecule has 0 aromatic carbocycles. The van der Waals surface area contributed by atoms with Crippen molar-refractivity contribution in [2.24, 2.45) is 5.73 Å². The minimum atomic E-state index is 0.995. The SMILES string of the molecule is CC/C(C)=C(/N)CCC/C(C)=C/OC. The van der Waals surface area contributed by atoms with Crippen molar-refractivity contribution in [1.82, 2.24) is 0 Å². The highest BCUT2D eigenvalue weighted by Crippen LogP contribution is 2.13. The van der Waals surface area contributed by atoms with Crippen molar-refractivity contribution in [3.8, 4) is 0 Å². The van der Waals surface area contributed by atoms with Crippen LogP contribution in [0.1, 0.15) is 46.5 Å². The van der Waals surface area contributed by atoms with Crippen LogP contribution in [0.15, 0.2) is 23.1 Å². The van der Waals surface area contributed by atoms with E-state index < -0.39 is 0 Å². The Kier molecular flexibility index (Phi) is 6.99. The topological polar surface area (TPSA) is 35.2 Å². The molecule has 0 saturated carbocycles. The van der Waals surface area contributed by atoms with Gasteiger partial charge in [-0.1, -0.05) is 12.5 Å². The summed E-state index contributed by atoms with van der Waals surface area (Å²) in [4.78, 5) is 0. The molecular weight excluding hydrogens is 174 g/mol. The van der Waals surface area contributed by atoms with Gasteiger partial charge in [0.25, 0.3) is 0 Å². The van der Waals surface area contributed by atoms with E-state index in [2.05, 4.69) is 20.8 Å². The molecule has 14 heavy (non-hydrogen) atoms. The van der Waals surface area contributed by atoms with E-state index in [-0.39, 0.29) is 0 Å². The summed E-state index contributed by atoms with van der Waals surface area (Å²) >= 11 is 0. The van der Waals surface area contributed by atoms with Crippen LogP contribution in [0, 0.1) is 0 Å². The van der Waals surface area contributed by atoms with Crippen LogP contribution >= 0.6 is 0 Å². The molecule has 0 aromatic heterocycles. The molecule has 0 atom stereocenters. The van der Waals surface area contributed by atoms with Gasteiger partial charge in [0, 0.05) is 5.70 Å². The molecule has 0 saturated heterocycles. The summed E-state index contributed by atoms with van der Waals surface area (Å²) in [5, 5.41) is 0. The summed E-state index contributed by atoms with van der Waals surface area (Å²) in [6.07, 6.45) is 6.01. The monoisotopic (exact) mass is 197 g/mol. The maximum absolute atomic E-state index is 5.92. The highest BCUT2D eigenvalue weighted by Gasteiger charge is 1.97. The quantitative estimate of drug-likeness (QED) is 0.663. The van der Waals surface area contributed by atoms with Crippen molar-refractivity contribution in [3.05, 3.63) is 23.1 Å². The second-order valence-electron chi connectivity index (χ2n) is 3.71. The van der Waals surface area contributed by atoms with Crippen molar-refractivity contribution < 1.29 is 4.74 Å². The minimum Gasteiger partial charge on any atom is -0.504 e. The molecule has 0 aromatic rings. The molecule has 0 aliphatic rings. The molecule has 0 aliphatic carbocycles. The third-order valence-corrected chi connectivity index (χ3v) is 2.41. The van der Waals surface area contributed by atoms with E-state index >= 15 is 0 Å².